The maximum atomic E-state index is 13.7. The van der Waals surface area contributed by atoms with Gasteiger partial charge in [-0.3, -0.25) is 4.79 Å². The Morgan fingerprint density at radius 1 is 1.14 bits per heavy atom. The number of likely N-dealkylation sites (tertiary alicyclic amines) is 1. The molecule has 0 radical (unpaired) electrons. The Hall–Kier alpha value is -3.15. The molecule has 0 aromatic heterocycles. The van der Waals surface area contributed by atoms with Crippen LogP contribution in [0.3, 0.4) is 0 Å². The standard InChI is InChI=1S/C23H19FN2O2/c24-19-4-2-1-3-16(19)8-5-15-6-9-17(10-7-15)22-20(13-25)26(21(22)14-27)23(28)18-11-12-18/h1-4,6-7,9-10,18,20-22,27H,11-12,14H2/t20-,21+,22+/m0/s1. The number of amides is 1. The molecule has 1 heterocycles. The summed E-state index contributed by atoms with van der Waals surface area (Å²) in [5.74, 6) is 5.18. The minimum absolute atomic E-state index is 0.0156. The molecule has 140 valence electrons. The molecular formula is C23H19FN2O2. The average molecular weight is 374 g/mol. The molecule has 2 aromatic carbocycles. The highest BCUT2D eigenvalue weighted by Crippen LogP contribution is 2.44. The summed E-state index contributed by atoms with van der Waals surface area (Å²) in [5, 5.41) is 19.3. The maximum Gasteiger partial charge on any atom is 0.227 e. The second-order valence-corrected chi connectivity index (χ2v) is 7.22. The lowest BCUT2D eigenvalue weighted by Gasteiger charge is -2.51. The number of rotatable bonds is 3. The molecular weight excluding hydrogens is 355 g/mol. The Morgan fingerprint density at radius 2 is 1.86 bits per heavy atom. The van der Waals surface area contributed by atoms with Crippen molar-refractivity contribution < 1.29 is 14.3 Å². The number of benzene rings is 2. The van der Waals surface area contributed by atoms with E-state index in [4.69, 9.17) is 0 Å². The number of aliphatic hydroxyl groups is 1. The molecule has 2 aliphatic rings. The summed E-state index contributed by atoms with van der Waals surface area (Å²) in [6.45, 7) is -0.170. The molecule has 0 bridgehead atoms. The van der Waals surface area contributed by atoms with Crippen LogP contribution in [0.25, 0.3) is 0 Å². The number of hydrogen-bond acceptors (Lipinski definition) is 3. The third kappa shape index (κ3) is 3.26. The van der Waals surface area contributed by atoms with E-state index in [0.29, 0.717) is 5.56 Å². The van der Waals surface area contributed by atoms with E-state index in [1.165, 1.54) is 6.07 Å². The quantitative estimate of drug-likeness (QED) is 0.841. The molecule has 1 amide bonds. The average Bonchev–Trinajstić information content (AvgIpc) is 3.53. The van der Waals surface area contributed by atoms with E-state index in [9.17, 15) is 19.6 Å². The molecule has 28 heavy (non-hydrogen) atoms. The summed E-state index contributed by atoms with van der Waals surface area (Å²) in [6, 6.07) is 15.0. The van der Waals surface area contributed by atoms with Crippen molar-refractivity contribution >= 4 is 5.91 Å². The molecule has 1 N–H and O–H groups in total. The number of nitriles is 1. The molecule has 4 rings (SSSR count). The van der Waals surface area contributed by atoms with E-state index in [1.54, 1.807) is 23.1 Å². The van der Waals surface area contributed by atoms with E-state index in [-0.39, 0.29) is 36.2 Å². The first kappa shape index (κ1) is 18.2. The molecule has 5 heteroatoms. The Morgan fingerprint density at radius 3 is 2.46 bits per heavy atom. The Bertz CT molecular complexity index is 996. The van der Waals surface area contributed by atoms with Crippen molar-refractivity contribution in [3.63, 3.8) is 0 Å². The summed E-state index contributed by atoms with van der Waals surface area (Å²) in [4.78, 5) is 14.0. The highest BCUT2D eigenvalue weighted by atomic mass is 19.1. The van der Waals surface area contributed by atoms with Crippen molar-refractivity contribution in [2.24, 2.45) is 5.92 Å². The first-order valence-corrected chi connectivity index (χ1v) is 9.33. The minimum Gasteiger partial charge on any atom is -0.394 e. The van der Waals surface area contributed by atoms with Crippen LogP contribution in [0.2, 0.25) is 0 Å². The van der Waals surface area contributed by atoms with Crippen LogP contribution >= 0.6 is 0 Å². The third-order valence-electron chi connectivity index (χ3n) is 5.42. The van der Waals surface area contributed by atoms with Gasteiger partial charge in [0.15, 0.2) is 0 Å². The zero-order valence-corrected chi connectivity index (χ0v) is 15.2. The highest BCUT2D eigenvalue weighted by molar-refractivity contribution is 5.83. The zero-order chi connectivity index (χ0) is 19.7. The van der Waals surface area contributed by atoms with Crippen molar-refractivity contribution in [1.29, 1.82) is 5.26 Å². The predicted molar refractivity (Wildman–Crippen MR) is 101 cm³/mol. The molecule has 0 unspecified atom stereocenters. The maximum absolute atomic E-state index is 13.7. The van der Waals surface area contributed by atoms with Crippen LogP contribution in [0.15, 0.2) is 48.5 Å². The summed E-state index contributed by atoms with van der Waals surface area (Å²) in [5.41, 5.74) is 1.96. The van der Waals surface area contributed by atoms with Gasteiger partial charge >= 0.3 is 0 Å². The molecule has 3 atom stereocenters. The summed E-state index contributed by atoms with van der Waals surface area (Å²) in [7, 11) is 0. The number of hydrogen-bond donors (Lipinski definition) is 1. The van der Waals surface area contributed by atoms with E-state index >= 15 is 0 Å². The van der Waals surface area contributed by atoms with Gasteiger partial charge in [-0.1, -0.05) is 36.1 Å². The molecule has 1 saturated carbocycles. The van der Waals surface area contributed by atoms with Gasteiger partial charge in [-0.25, -0.2) is 4.39 Å². The molecule has 1 aliphatic carbocycles. The largest absolute Gasteiger partial charge is 0.394 e. The van der Waals surface area contributed by atoms with Crippen LogP contribution in [0, 0.1) is 34.9 Å². The summed E-state index contributed by atoms with van der Waals surface area (Å²) in [6.07, 6.45) is 1.73. The van der Waals surface area contributed by atoms with E-state index in [0.717, 1.165) is 24.0 Å². The van der Waals surface area contributed by atoms with Crippen molar-refractivity contribution in [3.05, 3.63) is 71.0 Å². The third-order valence-corrected chi connectivity index (χ3v) is 5.42. The SMILES string of the molecule is N#C[C@H]1[C@@H](c2ccc(C#Cc3ccccc3F)cc2)[C@@H](CO)N1C(=O)C1CC1. The van der Waals surface area contributed by atoms with Crippen molar-refractivity contribution in [3.8, 4) is 17.9 Å². The highest BCUT2D eigenvalue weighted by Gasteiger charge is 2.53. The van der Waals surface area contributed by atoms with Crippen LogP contribution in [-0.2, 0) is 4.79 Å². The van der Waals surface area contributed by atoms with Gasteiger partial charge < -0.3 is 10.0 Å². The van der Waals surface area contributed by atoms with Gasteiger partial charge in [0, 0.05) is 17.4 Å². The minimum atomic E-state index is -0.555. The number of nitrogens with zero attached hydrogens (tertiary/aromatic N) is 2. The zero-order valence-electron chi connectivity index (χ0n) is 15.2. The Balaban J connectivity index is 1.53. The molecule has 2 aromatic rings. The fraction of sp³-hybridized carbons (Fsp3) is 0.304. The van der Waals surface area contributed by atoms with Gasteiger partial charge in [-0.05, 0) is 42.7 Å². The van der Waals surface area contributed by atoms with Crippen molar-refractivity contribution in [2.75, 3.05) is 6.61 Å². The monoisotopic (exact) mass is 374 g/mol. The normalized spacial score (nSPS) is 23.2. The van der Waals surface area contributed by atoms with Crippen molar-refractivity contribution in [1.82, 2.24) is 4.90 Å². The van der Waals surface area contributed by atoms with Crippen LogP contribution in [0.1, 0.15) is 35.4 Å². The van der Waals surface area contributed by atoms with Gasteiger partial charge in [0.2, 0.25) is 5.91 Å². The molecule has 4 nitrogen and oxygen atoms in total. The van der Waals surface area contributed by atoms with Crippen molar-refractivity contribution in [2.45, 2.75) is 30.8 Å². The Labute approximate surface area is 163 Å². The van der Waals surface area contributed by atoms with Gasteiger partial charge in [-0.15, -0.1) is 0 Å². The topological polar surface area (TPSA) is 64.3 Å². The number of carbonyl (C=O) groups excluding carboxylic acids is 1. The van der Waals surface area contributed by atoms with Crippen LogP contribution in [0.5, 0.6) is 0 Å². The summed E-state index contributed by atoms with van der Waals surface area (Å²) < 4.78 is 13.7. The second-order valence-electron chi connectivity index (χ2n) is 7.22. The fourth-order valence-electron chi connectivity index (χ4n) is 3.74. The smallest absolute Gasteiger partial charge is 0.227 e. The lowest BCUT2D eigenvalue weighted by molar-refractivity contribution is -0.148. The first-order chi connectivity index (χ1) is 13.6. The van der Waals surface area contributed by atoms with Crippen LogP contribution in [0.4, 0.5) is 4.39 Å². The van der Waals surface area contributed by atoms with Gasteiger partial charge in [-0.2, -0.15) is 5.26 Å². The lowest BCUT2D eigenvalue weighted by atomic mass is 9.75. The Kier molecular flexibility index (Phi) is 4.86. The molecule has 2 fully saturated rings. The fourth-order valence-corrected chi connectivity index (χ4v) is 3.74. The predicted octanol–water partition coefficient (Wildman–Crippen LogP) is 2.81. The van der Waals surface area contributed by atoms with E-state index < -0.39 is 6.04 Å². The van der Waals surface area contributed by atoms with E-state index in [2.05, 4.69) is 17.9 Å². The number of carbonyl (C=O) groups is 1. The molecule has 1 aliphatic heterocycles. The molecule has 1 saturated heterocycles. The van der Waals surface area contributed by atoms with Gasteiger partial charge in [0.1, 0.15) is 11.9 Å². The van der Waals surface area contributed by atoms with Gasteiger partial charge in [0.05, 0.1) is 24.3 Å². The molecule has 0 spiro atoms. The first-order valence-electron chi connectivity index (χ1n) is 9.33. The lowest BCUT2D eigenvalue weighted by Crippen LogP contribution is -2.65. The number of halogens is 1. The van der Waals surface area contributed by atoms with Crippen LogP contribution < -0.4 is 0 Å². The number of aliphatic hydroxyl groups excluding tert-OH is 1. The second kappa shape index (κ2) is 7.46. The summed E-state index contributed by atoms with van der Waals surface area (Å²) >= 11 is 0. The van der Waals surface area contributed by atoms with E-state index in [1.807, 2.05) is 24.3 Å². The van der Waals surface area contributed by atoms with Crippen LogP contribution in [-0.4, -0.2) is 34.6 Å². The van der Waals surface area contributed by atoms with Gasteiger partial charge in [0.25, 0.3) is 0 Å².